The van der Waals surface area contributed by atoms with Crippen molar-refractivity contribution in [1.82, 2.24) is 30.4 Å². The molecule has 1 fully saturated rings. The second-order valence-electron chi connectivity index (χ2n) is 21.5. The van der Waals surface area contributed by atoms with Gasteiger partial charge < -0.3 is 47.7 Å². The van der Waals surface area contributed by atoms with Crippen LogP contribution in [0.2, 0.25) is 0 Å². The van der Waals surface area contributed by atoms with Crippen molar-refractivity contribution in [3.63, 3.8) is 0 Å². The number of nitrogens with zero attached hydrogens (tertiary/aromatic N) is 4. The van der Waals surface area contributed by atoms with Crippen molar-refractivity contribution < 1.29 is 37.1 Å². The molecule has 0 radical (unpaired) electrons. The molecule has 0 spiro atoms. The highest BCUT2D eigenvalue weighted by atomic mass is 79.9. The molecule has 13 rings (SSSR count). The number of H-pyrrole nitrogens is 2. The first-order valence-corrected chi connectivity index (χ1v) is 25.5. The highest BCUT2D eigenvalue weighted by Gasteiger charge is 2.52. The molecular formula is C56H60BBrN8O8. The van der Waals surface area contributed by atoms with Crippen LogP contribution >= 0.6 is 15.9 Å². The van der Waals surface area contributed by atoms with Gasteiger partial charge in [-0.1, -0.05) is 43.6 Å². The van der Waals surface area contributed by atoms with E-state index in [1.54, 1.807) is 39.0 Å². The lowest BCUT2D eigenvalue weighted by molar-refractivity contribution is 0.00578. The van der Waals surface area contributed by atoms with Crippen LogP contribution in [0.15, 0.2) is 124 Å². The zero-order valence-electron chi connectivity index (χ0n) is 43.1. The van der Waals surface area contributed by atoms with Gasteiger partial charge in [0.1, 0.15) is 0 Å². The number of nitrogens with one attached hydrogen (secondary N) is 4. The highest BCUT2D eigenvalue weighted by Crippen LogP contribution is 2.57. The van der Waals surface area contributed by atoms with Crippen molar-refractivity contribution in [1.29, 1.82) is 0 Å². The number of hydrogen-bond acceptors (Lipinski definition) is 14. The first kappa shape index (κ1) is 49.2. The summed E-state index contributed by atoms with van der Waals surface area (Å²) in [4.78, 5) is 8.11. The lowest BCUT2D eigenvalue weighted by atomic mass is 9.65. The van der Waals surface area contributed by atoms with Crippen LogP contribution in [0.1, 0.15) is 89.7 Å². The fourth-order valence-electron chi connectivity index (χ4n) is 11.0. The fraction of sp³-hybridized carbons (Fsp3) is 0.357. The summed E-state index contributed by atoms with van der Waals surface area (Å²) in [7, 11) is 3.05. The SMILES string of the molecule is CC1(C)OB(c2cn[nH]c2)OC1(C)C.COc1cc(-c2cn[nH]c2)cc2c1OC[C@H]1[C@@H]2Nc2ccc(-c3cnco3)cc2C1(C)C.COc1cc(Br)cc2c1OC[C@H]1[C@@H]2Nc2ccc(-c3cnco3)cc2C1(C)C. The molecule has 5 aliphatic rings. The first-order chi connectivity index (χ1) is 35.5. The zero-order valence-corrected chi connectivity index (χ0v) is 44.7. The average Bonchev–Trinajstić information content (AvgIpc) is 4.26. The third-order valence-corrected chi connectivity index (χ3v) is 16.5. The van der Waals surface area contributed by atoms with E-state index < -0.39 is 0 Å². The number of aromatic nitrogens is 6. The van der Waals surface area contributed by atoms with Gasteiger partial charge in [0.05, 0.1) is 69.3 Å². The van der Waals surface area contributed by atoms with Crippen molar-refractivity contribution in [2.24, 2.45) is 11.8 Å². The van der Waals surface area contributed by atoms with E-state index in [1.807, 2.05) is 52.2 Å². The van der Waals surface area contributed by atoms with Gasteiger partial charge in [-0.25, -0.2) is 9.97 Å². The number of oxazole rings is 2. The Hall–Kier alpha value is -7.02. The molecule has 0 unspecified atom stereocenters. The van der Waals surface area contributed by atoms with Gasteiger partial charge in [0.25, 0.3) is 0 Å². The largest absolute Gasteiger partial charge is 0.498 e. The molecule has 4 aromatic carbocycles. The van der Waals surface area contributed by atoms with Crippen LogP contribution in [0.4, 0.5) is 11.4 Å². The van der Waals surface area contributed by atoms with E-state index in [9.17, 15) is 0 Å². The number of hydrogen-bond donors (Lipinski definition) is 4. The molecule has 0 bridgehead atoms. The number of ether oxygens (including phenoxy) is 4. The van der Waals surface area contributed by atoms with Crippen LogP contribution in [0.25, 0.3) is 33.8 Å². The van der Waals surface area contributed by atoms with Crippen molar-refractivity contribution in [2.45, 2.75) is 89.5 Å². The predicted molar refractivity (Wildman–Crippen MR) is 286 cm³/mol. The molecule has 1 saturated heterocycles. The van der Waals surface area contributed by atoms with E-state index in [2.05, 4.69) is 133 Å². The third kappa shape index (κ3) is 8.59. The number of fused-ring (bicyclic) bond motifs is 8. The van der Waals surface area contributed by atoms with Gasteiger partial charge in [-0.05, 0) is 105 Å². The van der Waals surface area contributed by atoms with Gasteiger partial charge in [-0.3, -0.25) is 10.2 Å². The molecule has 382 valence electrons. The number of methoxy groups -OCH3 is 2. The zero-order chi connectivity index (χ0) is 51.7. The molecule has 0 saturated carbocycles. The topological polar surface area (TPSA) is 189 Å². The van der Waals surface area contributed by atoms with Gasteiger partial charge in [-0.15, -0.1) is 0 Å². The predicted octanol–water partition coefficient (Wildman–Crippen LogP) is 11.5. The van der Waals surface area contributed by atoms with Gasteiger partial charge in [-0.2, -0.15) is 10.2 Å². The molecule has 16 nitrogen and oxygen atoms in total. The van der Waals surface area contributed by atoms with Crippen LogP contribution in [0.3, 0.4) is 0 Å². The summed E-state index contributed by atoms with van der Waals surface area (Å²) >= 11 is 3.61. The molecular weight excluding hydrogens is 1000 g/mol. The maximum atomic E-state index is 6.32. The second-order valence-corrected chi connectivity index (χ2v) is 22.4. The molecule has 5 aliphatic heterocycles. The standard InChI is InChI=1S/C25H24N4O3.C22H21BrN2O3.C9H15BN2O2/c1-25(2)18-7-14(22-11-26-13-32-22)4-5-20(18)29-23-17-6-15(16-9-27-28-10-16)8-21(30-3)24(17)31-12-19(23)25;1-22(2)15-6-12(19-9-24-11-28-19)4-5-17(15)25-20-14-7-13(23)8-18(26-3)21(14)27-10-16(20)22;1-8(2)9(3,4)14-10(13-8)7-5-11-12-6-7/h4-11,13,19,23,29H,12H2,1-3H3,(H,27,28);4-9,11,16,20,25H,10H2,1-3H3;5-6H,1-4H3,(H,11,12)/t19-,23+;16-,20+;/m00./s1. The second kappa shape index (κ2) is 18.7. The Labute approximate surface area is 438 Å². The number of anilines is 2. The lowest BCUT2D eigenvalue weighted by Gasteiger charge is -2.48. The summed E-state index contributed by atoms with van der Waals surface area (Å²) in [6.45, 7) is 18.5. The molecule has 9 heterocycles. The molecule has 4 N–H and O–H groups in total. The van der Waals surface area contributed by atoms with Crippen LogP contribution in [-0.4, -0.2) is 76.1 Å². The molecule has 74 heavy (non-hydrogen) atoms. The Balaban J connectivity index is 0.000000128. The maximum absolute atomic E-state index is 6.32. The lowest BCUT2D eigenvalue weighted by Crippen LogP contribution is -2.46. The molecule has 4 atom stereocenters. The van der Waals surface area contributed by atoms with E-state index >= 15 is 0 Å². The van der Waals surface area contributed by atoms with Crippen molar-refractivity contribution in [3.8, 4) is 56.8 Å². The number of halogens is 1. The molecule has 4 aromatic heterocycles. The minimum atomic E-state index is -0.307. The summed E-state index contributed by atoms with van der Waals surface area (Å²) in [5.74, 6) is 5.19. The van der Waals surface area contributed by atoms with E-state index in [0.717, 1.165) is 89.2 Å². The van der Waals surface area contributed by atoms with Crippen LogP contribution in [0.5, 0.6) is 23.0 Å². The smallest absolute Gasteiger partial charge is 0.493 e. The highest BCUT2D eigenvalue weighted by molar-refractivity contribution is 9.10. The van der Waals surface area contributed by atoms with Crippen LogP contribution in [0, 0.1) is 11.8 Å². The average molecular weight is 1060 g/mol. The number of benzene rings is 4. The van der Waals surface area contributed by atoms with Gasteiger partial charge in [0.2, 0.25) is 0 Å². The minimum absolute atomic E-state index is 0.0888. The van der Waals surface area contributed by atoms with E-state index in [1.165, 1.54) is 23.9 Å². The normalized spacial score (nSPS) is 21.5. The molecule has 0 aliphatic carbocycles. The summed E-state index contributed by atoms with van der Waals surface area (Å²) in [6.07, 6.45) is 13.7. The molecule has 8 aromatic rings. The number of rotatable bonds is 6. The summed E-state index contributed by atoms with van der Waals surface area (Å²) in [5, 5.41) is 21.2. The monoisotopic (exact) mass is 1060 g/mol. The Kier molecular flexibility index (Phi) is 12.5. The third-order valence-electron chi connectivity index (χ3n) is 16.1. The Morgan fingerprint density at radius 1 is 0.581 bits per heavy atom. The van der Waals surface area contributed by atoms with Gasteiger partial charge in [0, 0.05) is 90.4 Å². The Bertz CT molecular complexity index is 3270. The van der Waals surface area contributed by atoms with Gasteiger partial charge >= 0.3 is 7.12 Å². The van der Waals surface area contributed by atoms with Crippen molar-refractivity contribution in [3.05, 3.63) is 137 Å². The maximum Gasteiger partial charge on any atom is 0.498 e. The van der Waals surface area contributed by atoms with Crippen molar-refractivity contribution in [2.75, 3.05) is 38.1 Å². The van der Waals surface area contributed by atoms with Crippen molar-refractivity contribution >= 4 is 39.9 Å². The Morgan fingerprint density at radius 3 is 1.57 bits per heavy atom. The van der Waals surface area contributed by atoms with E-state index in [-0.39, 0.29) is 53.1 Å². The Morgan fingerprint density at radius 2 is 1.09 bits per heavy atom. The quantitative estimate of drug-likeness (QED) is 0.115. The molecule has 18 heteroatoms. The van der Waals surface area contributed by atoms with Gasteiger partial charge in [0.15, 0.2) is 47.3 Å². The number of aromatic amines is 2. The van der Waals surface area contributed by atoms with E-state index in [0.29, 0.717) is 13.2 Å². The summed E-state index contributed by atoms with van der Waals surface area (Å²) < 4.78 is 47.5. The summed E-state index contributed by atoms with van der Waals surface area (Å²) in [6, 6.07) is 21.4. The van der Waals surface area contributed by atoms with Crippen LogP contribution < -0.4 is 35.0 Å². The fourth-order valence-corrected chi connectivity index (χ4v) is 11.4. The van der Waals surface area contributed by atoms with Crippen LogP contribution in [-0.2, 0) is 20.1 Å². The molecule has 0 amide bonds. The first-order valence-electron chi connectivity index (χ1n) is 24.8. The summed E-state index contributed by atoms with van der Waals surface area (Å²) in [5.41, 5.74) is 11.3. The minimum Gasteiger partial charge on any atom is -0.493 e. The van der Waals surface area contributed by atoms with E-state index in [4.69, 9.17) is 37.1 Å².